The minimum Gasteiger partial charge on any atom is -0.455 e. The average molecular weight is 502 g/mol. The number of hydrogen-bond donors (Lipinski definition) is 3. The Labute approximate surface area is 212 Å². The number of carbonyl (C=O) groups excluding carboxylic acids is 1. The van der Waals surface area contributed by atoms with Gasteiger partial charge in [0.2, 0.25) is 0 Å². The molecule has 0 amide bonds. The highest BCUT2D eigenvalue weighted by Gasteiger charge is 2.68. The second-order valence-corrected chi connectivity index (χ2v) is 11.1. The van der Waals surface area contributed by atoms with E-state index in [1.807, 2.05) is 13.8 Å². The summed E-state index contributed by atoms with van der Waals surface area (Å²) in [5.74, 6) is -1.15. The fraction of sp³-hybridized carbons (Fsp3) is 0.679. The van der Waals surface area contributed by atoms with Gasteiger partial charge in [0.15, 0.2) is 0 Å². The Balaban J connectivity index is 1.55. The largest absolute Gasteiger partial charge is 0.455 e. The number of aromatic nitrogens is 1. The van der Waals surface area contributed by atoms with Crippen LogP contribution in [0.2, 0.25) is 0 Å². The zero-order chi connectivity index (χ0) is 25.8. The third-order valence-corrected chi connectivity index (χ3v) is 8.99. The molecule has 2 aliphatic heterocycles. The highest BCUT2D eigenvalue weighted by Crippen LogP contribution is 2.61. The molecule has 2 fully saturated rings. The number of rotatable bonds is 4. The number of ether oxygens (including phenoxy) is 4. The molecule has 1 saturated heterocycles. The van der Waals surface area contributed by atoms with Crippen LogP contribution < -0.4 is 0 Å². The number of aliphatic hydroxyl groups is 2. The van der Waals surface area contributed by atoms with Crippen LogP contribution in [0, 0.1) is 29.6 Å². The lowest BCUT2D eigenvalue weighted by Crippen LogP contribution is -2.57. The fourth-order valence-electron chi connectivity index (χ4n) is 7.23. The summed E-state index contributed by atoms with van der Waals surface area (Å²) in [6.45, 7) is 8.13. The zero-order valence-electron chi connectivity index (χ0n) is 21.7. The van der Waals surface area contributed by atoms with Crippen molar-refractivity contribution >= 4 is 5.97 Å². The van der Waals surface area contributed by atoms with Crippen molar-refractivity contribution in [1.29, 1.82) is 0 Å². The van der Waals surface area contributed by atoms with Crippen molar-refractivity contribution in [3.8, 4) is 0 Å². The van der Waals surface area contributed by atoms with E-state index >= 15 is 0 Å². The van der Waals surface area contributed by atoms with Crippen molar-refractivity contribution in [2.24, 2.45) is 29.6 Å². The molecule has 4 aliphatic rings. The topological polar surface area (TPSA) is 110 Å². The smallest absolute Gasteiger partial charge is 0.355 e. The number of carbonyl (C=O) groups is 1. The Bertz CT molecular complexity index is 1000. The molecule has 1 saturated carbocycles. The van der Waals surface area contributed by atoms with Crippen LogP contribution >= 0.6 is 0 Å². The fourth-order valence-corrected chi connectivity index (χ4v) is 7.23. The van der Waals surface area contributed by atoms with Crippen LogP contribution in [-0.2, 0) is 18.9 Å². The third-order valence-electron chi connectivity index (χ3n) is 8.99. The average Bonchev–Trinajstić information content (AvgIpc) is 3.44. The van der Waals surface area contributed by atoms with Crippen molar-refractivity contribution in [3.05, 3.63) is 47.8 Å². The van der Waals surface area contributed by atoms with Crippen LogP contribution in [-0.4, -0.2) is 77.1 Å². The van der Waals surface area contributed by atoms with Gasteiger partial charge in [0.25, 0.3) is 0 Å². The molecule has 1 spiro atoms. The van der Waals surface area contributed by atoms with Gasteiger partial charge in [-0.1, -0.05) is 32.1 Å². The van der Waals surface area contributed by atoms with Crippen LogP contribution in [0.4, 0.5) is 0 Å². The predicted octanol–water partition coefficient (Wildman–Crippen LogP) is 2.87. The van der Waals surface area contributed by atoms with E-state index in [0.717, 1.165) is 5.57 Å². The first-order valence-corrected chi connectivity index (χ1v) is 13.1. The van der Waals surface area contributed by atoms with Crippen LogP contribution in [0.3, 0.4) is 0 Å². The van der Waals surface area contributed by atoms with Crippen molar-refractivity contribution in [2.45, 2.75) is 76.3 Å². The molecule has 0 unspecified atom stereocenters. The van der Waals surface area contributed by atoms with Crippen molar-refractivity contribution in [1.82, 2.24) is 4.98 Å². The van der Waals surface area contributed by atoms with E-state index in [-0.39, 0.29) is 47.9 Å². The molecule has 0 radical (unpaired) electrons. The molecule has 3 heterocycles. The molecule has 5 rings (SSSR count). The highest BCUT2D eigenvalue weighted by molar-refractivity contribution is 5.87. The molecule has 12 atom stereocenters. The minimum atomic E-state index is -0.767. The van der Waals surface area contributed by atoms with E-state index in [2.05, 4.69) is 30.1 Å². The SMILES string of the molecule is CO[C@@H]1CO[C@@H]([C@@H](C)O)[C@H](C)/C=C(\C)[C@]23O[C@@H]4[C@H](C=C[C@@H]2C1)[C@H]3[C@H](O)[C@@H](C)[C@H]4OC(=O)c1ccc[nH]1. The minimum absolute atomic E-state index is 0.0523. The van der Waals surface area contributed by atoms with Gasteiger partial charge in [0.1, 0.15) is 23.5 Å². The first-order valence-electron chi connectivity index (χ1n) is 13.1. The number of H-pyrrole nitrogens is 1. The normalized spacial score (nSPS) is 46.4. The number of methoxy groups -OCH3 is 1. The molecular weight excluding hydrogens is 462 g/mol. The van der Waals surface area contributed by atoms with Gasteiger partial charge < -0.3 is 34.1 Å². The summed E-state index contributed by atoms with van der Waals surface area (Å²) < 4.78 is 24.9. The van der Waals surface area contributed by atoms with E-state index in [1.165, 1.54) is 0 Å². The Morgan fingerprint density at radius 1 is 1.31 bits per heavy atom. The van der Waals surface area contributed by atoms with Gasteiger partial charge in [-0.2, -0.15) is 0 Å². The summed E-state index contributed by atoms with van der Waals surface area (Å²) in [5.41, 5.74) is 0.620. The van der Waals surface area contributed by atoms with Gasteiger partial charge in [-0.05, 0) is 38.0 Å². The van der Waals surface area contributed by atoms with Gasteiger partial charge in [0.05, 0.1) is 31.0 Å². The van der Waals surface area contributed by atoms with Crippen LogP contribution in [0.1, 0.15) is 44.6 Å². The van der Waals surface area contributed by atoms with Crippen molar-refractivity contribution < 1.29 is 34.0 Å². The van der Waals surface area contributed by atoms with Gasteiger partial charge in [-0.25, -0.2) is 4.79 Å². The molecule has 1 aromatic rings. The second kappa shape index (κ2) is 9.72. The molecule has 36 heavy (non-hydrogen) atoms. The summed E-state index contributed by atoms with van der Waals surface area (Å²) >= 11 is 0. The van der Waals surface area contributed by atoms with Crippen molar-refractivity contribution in [3.63, 3.8) is 0 Å². The third kappa shape index (κ3) is 3.98. The number of aliphatic hydroxyl groups excluding tert-OH is 2. The molecule has 2 aliphatic carbocycles. The van der Waals surface area contributed by atoms with Crippen LogP contribution in [0.25, 0.3) is 0 Å². The lowest BCUT2D eigenvalue weighted by molar-refractivity contribution is -0.117. The first-order chi connectivity index (χ1) is 17.2. The highest BCUT2D eigenvalue weighted by atomic mass is 16.6. The monoisotopic (exact) mass is 501 g/mol. The van der Waals surface area contributed by atoms with E-state index in [4.69, 9.17) is 18.9 Å². The molecule has 8 nitrogen and oxygen atoms in total. The maximum atomic E-state index is 12.9. The number of esters is 1. The number of nitrogens with one attached hydrogen (secondary N) is 1. The van der Waals surface area contributed by atoms with Gasteiger partial charge in [-0.15, -0.1) is 0 Å². The zero-order valence-corrected chi connectivity index (χ0v) is 21.7. The predicted molar refractivity (Wildman–Crippen MR) is 132 cm³/mol. The standard InChI is InChI=1S/C28H39NO7/c1-14-11-15(2)28-18(12-19(33-5)13-34-24(14)17(4)30)8-9-20-22(28)23(31)16(3)25(26(20)36-28)35-27(32)21-7-6-10-29-21/h6-11,14,16-20,22-26,29-31H,12-13H2,1-5H3/b15-11+/t14-,16-,17-,18-,19+,20-,22+,23-,24-,25-,26-,28+/m1/s1. The van der Waals surface area contributed by atoms with E-state index in [9.17, 15) is 15.0 Å². The second-order valence-electron chi connectivity index (χ2n) is 11.1. The molecule has 3 N–H and O–H groups in total. The van der Waals surface area contributed by atoms with Gasteiger partial charge in [-0.3, -0.25) is 0 Å². The number of aromatic amines is 1. The van der Waals surface area contributed by atoms with E-state index in [0.29, 0.717) is 18.7 Å². The van der Waals surface area contributed by atoms with Crippen molar-refractivity contribution in [2.75, 3.05) is 13.7 Å². The summed E-state index contributed by atoms with van der Waals surface area (Å²) in [6, 6.07) is 3.43. The molecular formula is C28H39NO7. The quantitative estimate of drug-likeness (QED) is 0.430. The van der Waals surface area contributed by atoms with Gasteiger partial charge >= 0.3 is 5.97 Å². The maximum absolute atomic E-state index is 12.9. The van der Waals surface area contributed by atoms with Gasteiger partial charge in [0, 0.05) is 42.9 Å². The molecule has 1 aromatic heterocycles. The molecule has 8 heteroatoms. The van der Waals surface area contributed by atoms with Crippen LogP contribution in [0.15, 0.2) is 42.1 Å². The summed E-state index contributed by atoms with van der Waals surface area (Å²) in [5, 5.41) is 22.1. The molecule has 198 valence electrons. The summed E-state index contributed by atoms with van der Waals surface area (Å²) in [7, 11) is 1.67. The van der Waals surface area contributed by atoms with Crippen LogP contribution in [0.5, 0.6) is 0 Å². The Morgan fingerprint density at radius 2 is 2.08 bits per heavy atom. The Hall–Kier alpha value is -1.97. The number of hydrogen-bond acceptors (Lipinski definition) is 7. The summed E-state index contributed by atoms with van der Waals surface area (Å²) in [6.07, 6.45) is 5.85. The maximum Gasteiger partial charge on any atom is 0.355 e. The Morgan fingerprint density at radius 3 is 2.75 bits per heavy atom. The lowest BCUT2D eigenvalue weighted by atomic mass is 9.57. The molecule has 4 bridgehead atoms. The molecule has 0 aromatic carbocycles. The lowest BCUT2D eigenvalue weighted by Gasteiger charge is -2.49. The van der Waals surface area contributed by atoms with E-state index < -0.39 is 29.9 Å². The summed E-state index contributed by atoms with van der Waals surface area (Å²) in [4.78, 5) is 15.8. The Kier molecular flexibility index (Phi) is 6.93. The first kappa shape index (κ1) is 25.7. The van der Waals surface area contributed by atoms with E-state index in [1.54, 1.807) is 32.4 Å².